The summed E-state index contributed by atoms with van der Waals surface area (Å²) in [6, 6.07) is 51.4. The summed E-state index contributed by atoms with van der Waals surface area (Å²) >= 11 is 0. The van der Waals surface area contributed by atoms with Crippen molar-refractivity contribution in [3.63, 3.8) is 0 Å². The molecular weight excluding hydrogens is 460 g/mol. The van der Waals surface area contributed by atoms with E-state index in [1.165, 1.54) is 33.3 Å². The highest BCUT2D eigenvalue weighted by atomic mass is 15.2. The van der Waals surface area contributed by atoms with E-state index in [1.807, 2.05) is 0 Å². The van der Waals surface area contributed by atoms with Crippen molar-refractivity contribution in [1.82, 2.24) is 0 Å². The van der Waals surface area contributed by atoms with E-state index < -0.39 is 0 Å². The highest BCUT2D eigenvalue weighted by Gasteiger charge is 2.25. The highest BCUT2D eigenvalue weighted by molar-refractivity contribution is 6.10. The van der Waals surface area contributed by atoms with Gasteiger partial charge in [0.05, 0.1) is 11.4 Å². The Morgan fingerprint density at radius 2 is 0.553 bits per heavy atom. The zero-order valence-corrected chi connectivity index (χ0v) is 21.8. The number of nitrogens with zero attached hydrogens (tertiary/aromatic N) is 2. The summed E-state index contributed by atoms with van der Waals surface area (Å²) < 4.78 is 0. The Kier molecular flexibility index (Phi) is 6.37. The molecule has 0 aliphatic carbocycles. The third-order valence-corrected chi connectivity index (χ3v) is 7.21. The summed E-state index contributed by atoms with van der Waals surface area (Å²) in [5, 5.41) is 2.44. The van der Waals surface area contributed by atoms with E-state index in [2.05, 4.69) is 169 Å². The quantitative estimate of drug-likeness (QED) is 0.229. The molecule has 0 fully saturated rings. The van der Waals surface area contributed by atoms with E-state index in [0.717, 1.165) is 22.7 Å². The third kappa shape index (κ3) is 4.21. The molecule has 6 aromatic carbocycles. The van der Waals surface area contributed by atoms with Gasteiger partial charge in [-0.05, 0) is 73.5 Å². The first-order valence-electron chi connectivity index (χ1n) is 13.1. The van der Waals surface area contributed by atoms with E-state index in [0.29, 0.717) is 0 Å². The minimum Gasteiger partial charge on any atom is -0.310 e. The molecule has 0 unspecified atom stereocenters. The van der Waals surface area contributed by atoms with Crippen LogP contribution in [0, 0.1) is 13.8 Å². The van der Waals surface area contributed by atoms with Crippen LogP contribution in [0.5, 0.6) is 0 Å². The van der Waals surface area contributed by atoms with Crippen LogP contribution in [0.2, 0.25) is 0 Å². The Labute approximate surface area is 225 Å². The van der Waals surface area contributed by atoms with Gasteiger partial charge < -0.3 is 9.80 Å². The maximum Gasteiger partial charge on any atom is 0.0573 e. The summed E-state index contributed by atoms with van der Waals surface area (Å²) in [7, 11) is 0. The topological polar surface area (TPSA) is 6.48 Å². The van der Waals surface area contributed by atoms with Crippen molar-refractivity contribution in [3.05, 3.63) is 157 Å². The van der Waals surface area contributed by atoms with Crippen molar-refractivity contribution in [1.29, 1.82) is 0 Å². The Morgan fingerprint density at radius 3 is 0.816 bits per heavy atom. The van der Waals surface area contributed by atoms with Crippen molar-refractivity contribution in [2.45, 2.75) is 13.8 Å². The predicted octanol–water partition coefficient (Wildman–Crippen LogP) is 10.4. The van der Waals surface area contributed by atoms with Crippen molar-refractivity contribution < 1.29 is 0 Å². The zero-order valence-electron chi connectivity index (χ0n) is 21.8. The second-order valence-electron chi connectivity index (χ2n) is 9.51. The van der Waals surface area contributed by atoms with Gasteiger partial charge in [0.15, 0.2) is 0 Å². The van der Waals surface area contributed by atoms with Crippen LogP contribution in [-0.2, 0) is 0 Å². The summed E-state index contributed by atoms with van der Waals surface area (Å²) in [4.78, 5) is 4.79. The first-order chi connectivity index (χ1) is 18.7. The molecule has 0 aliphatic rings. The molecule has 0 N–H and O–H groups in total. The molecule has 0 saturated heterocycles. The fourth-order valence-electron chi connectivity index (χ4n) is 5.35. The fraction of sp³-hybridized carbons (Fsp3) is 0.0556. The van der Waals surface area contributed by atoms with Crippen LogP contribution in [0.1, 0.15) is 11.1 Å². The van der Waals surface area contributed by atoms with Crippen LogP contribution in [-0.4, -0.2) is 0 Å². The molecule has 0 aliphatic heterocycles. The van der Waals surface area contributed by atoms with Crippen LogP contribution in [0.15, 0.2) is 146 Å². The SMILES string of the molecule is Cc1c(C)c(N(c2ccccc2)c2ccccc2)c2ccccc2c1N(c1ccccc1)c1ccccc1. The van der Waals surface area contributed by atoms with Gasteiger partial charge in [-0.25, -0.2) is 0 Å². The molecule has 2 heteroatoms. The third-order valence-electron chi connectivity index (χ3n) is 7.21. The minimum atomic E-state index is 1.14. The number of rotatable bonds is 6. The number of hydrogen-bond donors (Lipinski definition) is 0. The van der Waals surface area contributed by atoms with E-state index in [-0.39, 0.29) is 0 Å². The molecule has 0 atom stereocenters. The second-order valence-corrected chi connectivity index (χ2v) is 9.51. The molecule has 0 heterocycles. The Balaban J connectivity index is 1.68. The lowest BCUT2D eigenvalue weighted by atomic mass is 9.94. The molecule has 0 amide bonds. The predicted molar refractivity (Wildman–Crippen MR) is 163 cm³/mol. The smallest absolute Gasteiger partial charge is 0.0573 e. The lowest BCUT2D eigenvalue weighted by molar-refractivity contribution is 1.21. The fourth-order valence-corrected chi connectivity index (χ4v) is 5.35. The maximum absolute atomic E-state index is 2.39. The maximum atomic E-state index is 2.39. The molecule has 0 aromatic heterocycles. The van der Waals surface area contributed by atoms with Crippen molar-refractivity contribution >= 4 is 44.9 Å². The molecule has 0 spiro atoms. The number of para-hydroxylation sites is 4. The largest absolute Gasteiger partial charge is 0.310 e. The molecule has 6 rings (SSSR count). The molecule has 38 heavy (non-hydrogen) atoms. The van der Waals surface area contributed by atoms with E-state index in [9.17, 15) is 0 Å². The zero-order chi connectivity index (χ0) is 25.9. The number of benzene rings is 6. The number of fused-ring (bicyclic) bond motifs is 1. The molecule has 0 bridgehead atoms. The minimum absolute atomic E-state index is 1.14. The molecule has 2 nitrogen and oxygen atoms in total. The van der Waals surface area contributed by atoms with Crippen LogP contribution in [0.4, 0.5) is 34.1 Å². The molecule has 184 valence electrons. The molecule has 0 radical (unpaired) electrons. The van der Waals surface area contributed by atoms with Gasteiger partial charge in [-0.1, -0.05) is 97.1 Å². The van der Waals surface area contributed by atoms with Gasteiger partial charge in [-0.15, -0.1) is 0 Å². The summed E-state index contributed by atoms with van der Waals surface area (Å²) in [6.45, 7) is 4.52. The van der Waals surface area contributed by atoms with Crippen LogP contribution in [0.25, 0.3) is 10.8 Å². The average Bonchev–Trinajstić information content (AvgIpc) is 2.99. The normalized spacial score (nSPS) is 10.9. The highest BCUT2D eigenvalue weighted by Crippen LogP contribution is 2.49. The molecule has 0 saturated carbocycles. The van der Waals surface area contributed by atoms with Gasteiger partial charge in [-0.3, -0.25) is 0 Å². The second kappa shape index (κ2) is 10.3. The lowest BCUT2D eigenvalue weighted by Gasteiger charge is -2.33. The van der Waals surface area contributed by atoms with Crippen molar-refractivity contribution in [2.75, 3.05) is 9.80 Å². The van der Waals surface area contributed by atoms with Gasteiger partial charge in [0.2, 0.25) is 0 Å². The van der Waals surface area contributed by atoms with E-state index >= 15 is 0 Å². The Morgan fingerprint density at radius 1 is 0.316 bits per heavy atom. The molecule has 6 aromatic rings. The van der Waals surface area contributed by atoms with E-state index in [1.54, 1.807) is 0 Å². The average molecular weight is 491 g/mol. The standard InChI is InChI=1S/C36H30N2/c1-27-28(2)36(38(31-21-11-5-12-22-31)32-23-13-6-14-24-32)34-26-16-15-25-33(34)35(27)37(29-17-7-3-8-18-29)30-19-9-4-10-20-30/h3-26H,1-2H3. The monoisotopic (exact) mass is 490 g/mol. The molecular formula is C36H30N2. The summed E-state index contributed by atoms with van der Waals surface area (Å²) in [6.07, 6.45) is 0. The van der Waals surface area contributed by atoms with Crippen LogP contribution >= 0.6 is 0 Å². The van der Waals surface area contributed by atoms with Crippen LogP contribution < -0.4 is 9.80 Å². The van der Waals surface area contributed by atoms with Crippen molar-refractivity contribution in [3.8, 4) is 0 Å². The Hall–Kier alpha value is -4.82. The van der Waals surface area contributed by atoms with Gasteiger partial charge in [-0.2, -0.15) is 0 Å². The van der Waals surface area contributed by atoms with Gasteiger partial charge in [0, 0.05) is 33.5 Å². The number of anilines is 6. The summed E-state index contributed by atoms with van der Waals surface area (Å²) in [5.41, 5.74) is 9.49. The van der Waals surface area contributed by atoms with Gasteiger partial charge >= 0.3 is 0 Å². The first-order valence-corrected chi connectivity index (χ1v) is 13.1. The van der Waals surface area contributed by atoms with Crippen molar-refractivity contribution in [2.24, 2.45) is 0 Å². The lowest BCUT2D eigenvalue weighted by Crippen LogP contribution is -2.16. The summed E-state index contributed by atoms with van der Waals surface area (Å²) in [5.74, 6) is 0. The van der Waals surface area contributed by atoms with Gasteiger partial charge in [0.25, 0.3) is 0 Å². The first kappa shape index (κ1) is 23.6. The number of hydrogen-bond acceptors (Lipinski definition) is 2. The van der Waals surface area contributed by atoms with Crippen LogP contribution in [0.3, 0.4) is 0 Å². The van der Waals surface area contributed by atoms with E-state index in [4.69, 9.17) is 0 Å². The Bertz CT molecular complexity index is 1450. The van der Waals surface area contributed by atoms with Gasteiger partial charge in [0.1, 0.15) is 0 Å².